The zero-order valence-electron chi connectivity index (χ0n) is 18.4. The van der Waals surface area contributed by atoms with E-state index in [-0.39, 0.29) is 17.3 Å². The van der Waals surface area contributed by atoms with E-state index >= 15 is 0 Å². The predicted molar refractivity (Wildman–Crippen MR) is 107 cm³/mol. The van der Waals surface area contributed by atoms with E-state index in [0.717, 1.165) is 41.4 Å². The Morgan fingerprint density at radius 1 is 1.19 bits per heavy atom. The van der Waals surface area contributed by atoms with Crippen LogP contribution in [0.15, 0.2) is 22.7 Å². The molecule has 3 heteroatoms. The van der Waals surface area contributed by atoms with Crippen LogP contribution in [0.2, 0.25) is 0 Å². The van der Waals surface area contributed by atoms with Gasteiger partial charge in [-0.2, -0.15) is 0 Å². The summed E-state index contributed by atoms with van der Waals surface area (Å²) in [5.74, 6) is 3.92. The third-order valence-electron chi connectivity index (χ3n) is 8.58. The lowest BCUT2D eigenvalue weighted by molar-refractivity contribution is -0.230. The van der Waals surface area contributed by atoms with Gasteiger partial charge in [-0.15, -0.1) is 0 Å². The fraction of sp³-hybridized carbons (Fsp3) is 0.792. The monoisotopic (exact) mass is 372 g/mol. The maximum absolute atomic E-state index is 13.3. The minimum Gasteiger partial charge on any atom is -0.500 e. The van der Waals surface area contributed by atoms with Crippen molar-refractivity contribution in [3.8, 4) is 0 Å². The topological polar surface area (TPSA) is 35.5 Å². The van der Waals surface area contributed by atoms with Gasteiger partial charge in [-0.25, -0.2) is 0 Å². The van der Waals surface area contributed by atoms with E-state index in [1.807, 2.05) is 6.92 Å². The third-order valence-corrected chi connectivity index (χ3v) is 8.58. The Morgan fingerprint density at radius 2 is 1.85 bits per heavy atom. The molecule has 5 aliphatic rings. The Balaban J connectivity index is 1.86. The van der Waals surface area contributed by atoms with E-state index in [1.54, 1.807) is 7.11 Å². The highest BCUT2D eigenvalue weighted by Crippen LogP contribution is 2.68. The number of rotatable bonds is 2. The third kappa shape index (κ3) is 2.29. The van der Waals surface area contributed by atoms with Crippen molar-refractivity contribution in [1.29, 1.82) is 0 Å². The number of carbonyl (C=O) groups excluding carboxylic acids is 1. The average Bonchev–Trinajstić information content (AvgIpc) is 2.59. The summed E-state index contributed by atoms with van der Waals surface area (Å²) in [5.41, 5.74) is 1.51. The van der Waals surface area contributed by atoms with Gasteiger partial charge in [-0.3, -0.25) is 4.79 Å². The molecule has 0 saturated heterocycles. The van der Waals surface area contributed by atoms with Crippen molar-refractivity contribution >= 4 is 5.78 Å². The molecular weight excluding hydrogens is 336 g/mol. The number of hydrogen-bond donors (Lipinski definition) is 0. The molecule has 5 rings (SSSR count). The van der Waals surface area contributed by atoms with Crippen LogP contribution < -0.4 is 0 Å². The van der Waals surface area contributed by atoms with Gasteiger partial charge < -0.3 is 9.47 Å². The molecule has 150 valence electrons. The Hall–Kier alpha value is -1.25. The summed E-state index contributed by atoms with van der Waals surface area (Å²) in [6, 6.07) is 0. The molecule has 0 aromatic carbocycles. The van der Waals surface area contributed by atoms with Crippen LogP contribution in [0.1, 0.15) is 74.1 Å². The Kier molecular flexibility index (Phi) is 3.99. The molecule has 1 heterocycles. The van der Waals surface area contributed by atoms with Gasteiger partial charge in [0.2, 0.25) is 0 Å². The van der Waals surface area contributed by atoms with Crippen LogP contribution in [0.4, 0.5) is 0 Å². The van der Waals surface area contributed by atoms with Crippen molar-refractivity contribution in [3.05, 3.63) is 22.7 Å². The van der Waals surface area contributed by atoms with Crippen molar-refractivity contribution < 1.29 is 14.3 Å². The van der Waals surface area contributed by atoms with Crippen LogP contribution >= 0.6 is 0 Å². The van der Waals surface area contributed by atoms with Crippen molar-refractivity contribution in [2.45, 2.75) is 79.8 Å². The summed E-state index contributed by atoms with van der Waals surface area (Å²) < 4.78 is 12.7. The van der Waals surface area contributed by atoms with Gasteiger partial charge in [0.1, 0.15) is 17.1 Å². The van der Waals surface area contributed by atoms with Crippen molar-refractivity contribution in [2.24, 2.45) is 34.5 Å². The largest absolute Gasteiger partial charge is 0.500 e. The molecule has 1 aliphatic heterocycles. The number of allylic oxidation sites excluding steroid dienone is 2. The number of Topliss-reactive ketones (excluding diaryl/α,β-unsaturated/α-hetero) is 1. The second-order valence-electron chi connectivity index (χ2n) is 10.9. The average molecular weight is 373 g/mol. The van der Waals surface area contributed by atoms with Gasteiger partial charge in [0, 0.05) is 17.1 Å². The Labute approximate surface area is 164 Å². The zero-order chi connectivity index (χ0) is 19.9. The highest BCUT2D eigenvalue weighted by atomic mass is 16.5. The molecule has 27 heavy (non-hydrogen) atoms. The van der Waals surface area contributed by atoms with Crippen LogP contribution in [-0.2, 0) is 14.3 Å². The molecule has 3 saturated carbocycles. The van der Waals surface area contributed by atoms with Crippen LogP contribution in [0.25, 0.3) is 0 Å². The van der Waals surface area contributed by atoms with Crippen LogP contribution in [0, 0.1) is 34.5 Å². The molecule has 3 nitrogen and oxygen atoms in total. The van der Waals surface area contributed by atoms with Gasteiger partial charge in [-0.1, -0.05) is 27.7 Å². The molecule has 4 atom stereocenters. The first-order valence-corrected chi connectivity index (χ1v) is 10.7. The van der Waals surface area contributed by atoms with Gasteiger partial charge in [0.05, 0.1) is 12.5 Å². The predicted octanol–water partition coefficient (Wildman–Crippen LogP) is 5.66. The lowest BCUT2D eigenvalue weighted by Crippen LogP contribution is -2.64. The van der Waals surface area contributed by atoms with Crippen LogP contribution in [-0.4, -0.2) is 18.5 Å². The summed E-state index contributed by atoms with van der Waals surface area (Å²) in [7, 11) is 1.68. The smallest absolute Gasteiger partial charge is 0.191 e. The normalized spacial score (nSPS) is 39.3. The quantitative estimate of drug-likeness (QED) is 0.627. The second-order valence-corrected chi connectivity index (χ2v) is 10.9. The zero-order valence-corrected chi connectivity index (χ0v) is 18.4. The van der Waals surface area contributed by atoms with E-state index in [0.29, 0.717) is 17.3 Å². The highest BCUT2D eigenvalue weighted by Gasteiger charge is 2.65. The summed E-state index contributed by atoms with van der Waals surface area (Å²) in [6.45, 7) is 15.6. The van der Waals surface area contributed by atoms with Gasteiger partial charge >= 0.3 is 0 Å². The van der Waals surface area contributed by atoms with Gasteiger partial charge in [0.15, 0.2) is 5.78 Å². The second kappa shape index (κ2) is 5.64. The first-order valence-electron chi connectivity index (χ1n) is 10.7. The molecule has 4 unspecified atom stereocenters. The first-order chi connectivity index (χ1) is 12.5. The van der Waals surface area contributed by atoms with Crippen LogP contribution in [0.5, 0.6) is 0 Å². The van der Waals surface area contributed by atoms with E-state index in [2.05, 4.69) is 41.5 Å². The lowest BCUT2D eigenvalue weighted by atomic mass is 9.42. The van der Waals surface area contributed by atoms with E-state index in [1.165, 1.54) is 12.8 Å². The maximum atomic E-state index is 13.3. The van der Waals surface area contributed by atoms with E-state index in [4.69, 9.17) is 9.47 Å². The molecule has 4 aliphatic carbocycles. The fourth-order valence-corrected chi connectivity index (χ4v) is 6.89. The Bertz CT molecular complexity index is 750. The van der Waals surface area contributed by atoms with Gasteiger partial charge in [0.25, 0.3) is 0 Å². The maximum Gasteiger partial charge on any atom is 0.191 e. The SMILES string of the molecule is COC1=C(C)C(=O)C2=C(OC3(CCC4CC3C4(C)C)CC2C(C)C)C1(C)C. The summed E-state index contributed by atoms with van der Waals surface area (Å²) in [5, 5.41) is 0. The highest BCUT2D eigenvalue weighted by molar-refractivity contribution is 6.10. The standard InChI is InChI=1S/C24H36O3/c1-13(2)16-12-24(10-9-15-11-17(24)22(15,4)5)27-21-18(16)19(25)14(3)20(26-8)23(21,6)7/h13,15-17H,9-12H2,1-8H3. The van der Waals surface area contributed by atoms with E-state index in [9.17, 15) is 4.79 Å². The lowest BCUT2D eigenvalue weighted by Gasteiger charge is -2.67. The number of ether oxygens (including phenoxy) is 2. The molecule has 0 radical (unpaired) electrons. The minimum atomic E-state index is -0.395. The van der Waals surface area contributed by atoms with Crippen molar-refractivity contribution in [3.63, 3.8) is 0 Å². The summed E-state index contributed by atoms with van der Waals surface area (Å²) in [4.78, 5) is 13.3. The number of carbonyl (C=O) groups is 1. The fourth-order valence-electron chi connectivity index (χ4n) is 6.89. The van der Waals surface area contributed by atoms with E-state index < -0.39 is 5.41 Å². The molecular formula is C24H36O3. The summed E-state index contributed by atoms with van der Waals surface area (Å²) >= 11 is 0. The summed E-state index contributed by atoms with van der Waals surface area (Å²) in [6.07, 6.45) is 4.64. The van der Waals surface area contributed by atoms with Crippen LogP contribution in [0.3, 0.4) is 0 Å². The molecule has 0 aromatic rings. The minimum absolute atomic E-state index is 0.117. The number of hydrogen-bond acceptors (Lipinski definition) is 3. The molecule has 1 spiro atoms. The van der Waals surface area contributed by atoms with Crippen molar-refractivity contribution in [2.75, 3.05) is 7.11 Å². The first kappa shape index (κ1) is 19.1. The number of ketones is 1. The number of methoxy groups -OCH3 is 1. The van der Waals surface area contributed by atoms with Gasteiger partial charge in [-0.05, 0) is 69.6 Å². The van der Waals surface area contributed by atoms with Crippen molar-refractivity contribution in [1.82, 2.24) is 0 Å². The number of fused-ring (bicyclic) bond motifs is 1. The Morgan fingerprint density at radius 3 is 2.37 bits per heavy atom. The molecule has 2 bridgehead atoms. The molecule has 0 aromatic heterocycles. The molecule has 0 N–H and O–H groups in total. The molecule has 3 fully saturated rings. The molecule has 0 amide bonds.